The first kappa shape index (κ1) is 14.3. The van der Waals surface area contributed by atoms with E-state index in [2.05, 4.69) is 5.32 Å². The minimum absolute atomic E-state index is 0.0798. The Hall–Kier alpha value is 0.270. The summed E-state index contributed by atoms with van der Waals surface area (Å²) in [4.78, 5) is 9.31. The lowest BCUT2D eigenvalue weighted by Crippen LogP contribution is -2.49. The van der Waals surface area contributed by atoms with Crippen molar-refractivity contribution < 1.29 is 14.2 Å². The number of methoxy groups -OCH3 is 1. The van der Waals surface area contributed by atoms with E-state index >= 15 is 0 Å². The summed E-state index contributed by atoms with van der Waals surface area (Å²) in [5.74, 6) is 0. The minimum atomic E-state index is -1.26. The third-order valence-electron chi connectivity index (χ3n) is 2.37. The van der Waals surface area contributed by atoms with Crippen molar-refractivity contribution in [2.24, 2.45) is 0 Å². The van der Waals surface area contributed by atoms with Crippen molar-refractivity contribution in [1.29, 1.82) is 0 Å². The van der Waals surface area contributed by atoms with Crippen LogP contribution in [0.4, 0.5) is 0 Å². The van der Waals surface area contributed by atoms with Gasteiger partial charge in [0.25, 0.3) is 0 Å². The monoisotopic (exact) mass is 223 g/mol. The molecular weight excluding hydrogens is 201 g/mol. The number of hydrogen-bond donors (Lipinski definition) is 2. The van der Waals surface area contributed by atoms with E-state index in [0.717, 1.165) is 0 Å². The highest BCUT2D eigenvalue weighted by molar-refractivity contribution is 7.46. The van der Waals surface area contributed by atoms with E-state index in [-0.39, 0.29) is 11.6 Å². The van der Waals surface area contributed by atoms with Gasteiger partial charge in [0.05, 0.1) is 18.2 Å². The molecule has 2 N–H and O–H groups in total. The van der Waals surface area contributed by atoms with E-state index < -0.39 is 8.38 Å². The van der Waals surface area contributed by atoms with Gasteiger partial charge in [-0.25, -0.2) is 0 Å². The SMILES string of the molecule is CCP(O)OCC(NC)C(C)(C)OC. The Balaban J connectivity index is 4.03. The lowest BCUT2D eigenvalue weighted by molar-refractivity contribution is -0.0201. The fraction of sp³-hybridized carbons (Fsp3) is 1.00. The maximum absolute atomic E-state index is 9.31. The molecule has 0 saturated carbocycles. The average Bonchev–Trinajstić information content (AvgIpc) is 2.18. The molecule has 0 aliphatic carbocycles. The van der Waals surface area contributed by atoms with Crippen molar-refractivity contribution in [3.63, 3.8) is 0 Å². The second kappa shape index (κ2) is 6.70. The Morgan fingerprint density at radius 1 is 1.50 bits per heavy atom. The maximum atomic E-state index is 9.31. The minimum Gasteiger partial charge on any atom is -0.377 e. The number of nitrogens with one attached hydrogen (secondary N) is 1. The molecule has 0 radical (unpaired) electrons. The van der Waals surface area contributed by atoms with Gasteiger partial charge in [-0.05, 0) is 20.9 Å². The molecular formula is C9H22NO3P. The predicted molar refractivity (Wildman–Crippen MR) is 59.6 cm³/mol. The molecule has 0 aromatic carbocycles. The van der Waals surface area contributed by atoms with Crippen LogP contribution in [0.15, 0.2) is 0 Å². The summed E-state index contributed by atoms with van der Waals surface area (Å²) in [6, 6.07) is 0.0798. The Kier molecular flexibility index (Phi) is 6.83. The third kappa shape index (κ3) is 4.67. The smallest absolute Gasteiger partial charge is 0.167 e. The van der Waals surface area contributed by atoms with E-state index in [1.165, 1.54) is 0 Å². The predicted octanol–water partition coefficient (Wildman–Crippen LogP) is 1.34. The summed E-state index contributed by atoms with van der Waals surface area (Å²) >= 11 is 0. The van der Waals surface area contributed by atoms with E-state index in [1.54, 1.807) is 7.11 Å². The largest absolute Gasteiger partial charge is 0.377 e. The van der Waals surface area contributed by atoms with Crippen molar-refractivity contribution in [3.05, 3.63) is 0 Å². The van der Waals surface area contributed by atoms with Gasteiger partial charge in [-0.2, -0.15) is 0 Å². The summed E-state index contributed by atoms with van der Waals surface area (Å²) in [5, 5.41) is 3.12. The molecule has 0 aromatic rings. The molecule has 0 aliphatic rings. The standard InChI is InChI=1S/C9H22NO3P/c1-6-14(11)13-7-8(10-4)9(2,3)12-5/h8,10-11H,6-7H2,1-5H3. The molecule has 0 aliphatic heterocycles. The Morgan fingerprint density at radius 2 is 2.07 bits per heavy atom. The van der Waals surface area contributed by atoms with Gasteiger partial charge in [0.15, 0.2) is 8.38 Å². The van der Waals surface area contributed by atoms with Gasteiger partial charge < -0.3 is 19.5 Å². The van der Waals surface area contributed by atoms with E-state index in [1.807, 2.05) is 27.8 Å². The number of ether oxygens (including phenoxy) is 1. The van der Waals surface area contributed by atoms with Gasteiger partial charge in [0.1, 0.15) is 0 Å². The van der Waals surface area contributed by atoms with Gasteiger partial charge in [-0.1, -0.05) is 6.92 Å². The molecule has 14 heavy (non-hydrogen) atoms. The molecule has 0 bridgehead atoms. The van der Waals surface area contributed by atoms with Gasteiger partial charge >= 0.3 is 0 Å². The van der Waals surface area contributed by atoms with Crippen LogP contribution in [0.1, 0.15) is 20.8 Å². The van der Waals surface area contributed by atoms with E-state index in [0.29, 0.717) is 12.8 Å². The zero-order valence-electron chi connectivity index (χ0n) is 9.70. The van der Waals surface area contributed by atoms with Crippen LogP contribution in [0.5, 0.6) is 0 Å². The fourth-order valence-electron chi connectivity index (χ4n) is 1.03. The summed E-state index contributed by atoms with van der Waals surface area (Å²) in [5.41, 5.74) is -0.293. The Bertz CT molecular complexity index is 155. The summed E-state index contributed by atoms with van der Waals surface area (Å²) in [6.45, 7) is 6.35. The van der Waals surface area contributed by atoms with Crippen LogP contribution in [0.2, 0.25) is 0 Å². The first-order valence-electron chi connectivity index (χ1n) is 4.79. The molecule has 0 fully saturated rings. The van der Waals surface area contributed by atoms with Gasteiger partial charge in [0, 0.05) is 13.3 Å². The van der Waals surface area contributed by atoms with Crippen LogP contribution < -0.4 is 5.32 Å². The second-order valence-corrected chi connectivity index (χ2v) is 5.21. The molecule has 5 heteroatoms. The van der Waals surface area contributed by atoms with Gasteiger partial charge in [0.2, 0.25) is 0 Å². The van der Waals surface area contributed by atoms with Crippen molar-refractivity contribution in [1.82, 2.24) is 5.32 Å². The molecule has 0 heterocycles. The second-order valence-electron chi connectivity index (χ2n) is 3.61. The first-order chi connectivity index (χ1) is 6.47. The summed E-state index contributed by atoms with van der Waals surface area (Å²) in [7, 11) is 2.27. The Morgan fingerprint density at radius 3 is 2.43 bits per heavy atom. The number of hydrogen-bond acceptors (Lipinski definition) is 4. The molecule has 2 unspecified atom stereocenters. The molecule has 0 aromatic heterocycles. The molecule has 0 spiro atoms. The lowest BCUT2D eigenvalue weighted by Gasteiger charge is -2.32. The van der Waals surface area contributed by atoms with Crippen molar-refractivity contribution in [2.75, 3.05) is 26.9 Å². The maximum Gasteiger partial charge on any atom is 0.167 e. The molecule has 0 saturated heterocycles. The van der Waals surface area contributed by atoms with Crippen LogP contribution in [0.3, 0.4) is 0 Å². The Labute approximate surface area is 87.9 Å². The summed E-state index contributed by atoms with van der Waals surface area (Å²) in [6.07, 6.45) is 0.666. The highest BCUT2D eigenvalue weighted by Gasteiger charge is 2.28. The van der Waals surface area contributed by atoms with Crippen LogP contribution in [0.25, 0.3) is 0 Å². The number of rotatable bonds is 7. The normalized spacial score (nSPS) is 16.7. The summed E-state index contributed by atoms with van der Waals surface area (Å²) < 4.78 is 10.6. The fourth-order valence-corrected chi connectivity index (χ4v) is 1.53. The number of likely N-dealkylation sites (N-methyl/N-ethyl adjacent to an activating group) is 1. The molecule has 0 rings (SSSR count). The quantitative estimate of drug-likeness (QED) is 0.639. The molecule has 4 nitrogen and oxygen atoms in total. The van der Waals surface area contributed by atoms with Gasteiger partial charge in [-0.15, -0.1) is 0 Å². The third-order valence-corrected chi connectivity index (χ3v) is 3.36. The highest BCUT2D eigenvalue weighted by Crippen LogP contribution is 2.31. The zero-order valence-corrected chi connectivity index (χ0v) is 10.6. The average molecular weight is 223 g/mol. The first-order valence-corrected chi connectivity index (χ1v) is 6.19. The van der Waals surface area contributed by atoms with E-state index in [4.69, 9.17) is 9.26 Å². The van der Waals surface area contributed by atoms with Crippen LogP contribution in [-0.2, 0) is 9.26 Å². The van der Waals surface area contributed by atoms with Crippen LogP contribution in [-0.4, -0.2) is 43.5 Å². The van der Waals surface area contributed by atoms with Crippen molar-refractivity contribution in [3.8, 4) is 0 Å². The lowest BCUT2D eigenvalue weighted by atomic mass is 10.00. The topological polar surface area (TPSA) is 50.7 Å². The van der Waals surface area contributed by atoms with Gasteiger partial charge in [-0.3, -0.25) is 0 Å². The van der Waals surface area contributed by atoms with Crippen LogP contribution >= 0.6 is 8.38 Å². The molecule has 2 atom stereocenters. The van der Waals surface area contributed by atoms with E-state index in [9.17, 15) is 4.89 Å². The van der Waals surface area contributed by atoms with Crippen molar-refractivity contribution in [2.45, 2.75) is 32.4 Å². The molecule has 86 valence electrons. The highest BCUT2D eigenvalue weighted by atomic mass is 31.2. The van der Waals surface area contributed by atoms with Crippen LogP contribution in [0, 0.1) is 0 Å². The molecule has 0 amide bonds. The van der Waals surface area contributed by atoms with Crippen molar-refractivity contribution >= 4 is 8.38 Å². The zero-order chi connectivity index (χ0) is 11.2.